The number of carbonyl (C=O) groups is 1. The summed E-state index contributed by atoms with van der Waals surface area (Å²) in [4.78, 5) is 10.1. The summed E-state index contributed by atoms with van der Waals surface area (Å²) >= 11 is 0. The van der Waals surface area contributed by atoms with Crippen molar-refractivity contribution in [3.63, 3.8) is 0 Å². The van der Waals surface area contributed by atoms with Crippen molar-refractivity contribution in [1.29, 1.82) is 0 Å². The maximum Gasteiger partial charge on any atom is 0.207 e. The Kier molecular flexibility index (Phi) is 3.16. The first kappa shape index (κ1) is 8.61. The smallest absolute Gasteiger partial charge is 0.207 e. The zero-order valence-corrected chi connectivity index (χ0v) is 7.00. The Balaban J connectivity index is 2.53. The molecular weight excluding hydrogens is 150 g/mol. The van der Waals surface area contributed by atoms with Gasteiger partial charge >= 0.3 is 0 Å². The van der Waals surface area contributed by atoms with E-state index >= 15 is 0 Å². The molecule has 0 bridgehead atoms. The Morgan fingerprint density at radius 3 is 3.08 bits per heavy atom. The average Bonchev–Trinajstić information content (AvgIpc) is 2.09. The van der Waals surface area contributed by atoms with Crippen LogP contribution in [0, 0.1) is 11.8 Å². The Bertz CT molecular complexity index is 278. The van der Waals surface area contributed by atoms with Crippen molar-refractivity contribution < 1.29 is 4.79 Å². The lowest BCUT2D eigenvalue weighted by Crippen LogP contribution is -2.25. The molecule has 0 spiro atoms. The Labute approximate surface area is 72.3 Å². The Morgan fingerprint density at radius 1 is 1.75 bits per heavy atom. The van der Waals surface area contributed by atoms with E-state index in [1.165, 1.54) is 0 Å². The number of hydrogen-bond acceptors (Lipinski definition) is 1. The highest BCUT2D eigenvalue weighted by Gasteiger charge is 2.04. The number of carbonyl (C=O) groups excluding carboxylic acids is 1. The quantitative estimate of drug-likeness (QED) is 0.475. The maximum atomic E-state index is 10.1. The highest BCUT2D eigenvalue weighted by molar-refractivity contribution is 5.49. The molecule has 1 N–H and O–H groups in total. The maximum absolute atomic E-state index is 10.1. The van der Waals surface area contributed by atoms with Gasteiger partial charge in [-0.25, -0.2) is 0 Å². The largest absolute Gasteiger partial charge is 0.352 e. The number of hydrogen-bond donors (Lipinski definition) is 1. The molecule has 2 heteroatoms. The molecule has 1 aliphatic rings. The molecule has 1 atom stereocenters. The molecule has 2 nitrogen and oxygen atoms in total. The van der Waals surface area contributed by atoms with Crippen molar-refractivity contribution in [3.8, 4) is 11.8 Å². The van der Waals surface area contributed by atoms with Gasteiger partial charge in [-0.15, -0.1) is 5.92 Å². The van der Waals surface area contributed by atoms with Gasteiger partial charge in [0.15, 0.2) is 0 Å². The zero-order valence-electron chi connectivity index (χ0n) is 7.00. The first-order chi connectivity index (χ1) is 5.86. The summed E-state index contributed by atoms with van der Waals surface area (Å²) < 4.78 is 0. The second kappa shape index (κ2) is 4.40. The highest BCUT2D eigenvalue weighted by Crippen LogP contribution is 2.08. The number of nitrogens with one attached hydrogen (secondary N) is 1. The third-order valence-corrected chi connectivity index (χ3v) is 1.65. The predicted octanol–water partition coefficient (Wildman–Crippen LogP) is 1.01. The lowest BCUT2D eigenvalue weighted by Gasteiger charge is -2.12. The monoisotopic (exact) mass is 161 g/mol. The molecule has 0 heterocycles. The van der Waals surface area contributed by atoms with Gasteiger partial charge in [0.05, 0.1) is 6.04 Å². The highest BCUT2D eigenvalue weighted by atomic mass is 16.1. The van der Waals surface area contributed by atoms with Gasteiger partial charge in [0, 0.05) is 5.57 Å². The van der Waals surface area contributed by atoms with Gasteiger partial charge in [-0.3, -0.25) is 4.79 Å². The van der Waals surface area contributed by atoms with Gasteiger partial charge < -0.3 is 5.32 Å². The summed E-state index contributed by atoms with van der Waals surface area (Å²) in [6.07, 6.45) is 7.46. The zero-order chi connectivity index (χ0) is 8.81. The fourth-order valence-corrected chi connectivity index (χ4v) is 1.07. The molecule has 0 saturated heterocycles. The second-order valence-electron chi connectivity index (χ2n) is 2.52. The summed E-state index contributed by atoms with van der Waals surface area (Å²) in [5.41, 5.74) is 1.03. The van der Waals surface area contributed by atoms with E-state index in [9.17, 15) is 4.79 Å². The van der Waals surface area contributed by atoms with Crippen molar-refractivity contribution in [1.82, 2.24) is 5.32 Å². The van der Waals surface area contributed by atoms with E-state index in [0.717, 1.165) is 18.4 Å². The molecule has 12 heavy (non-hydrogen) atoms. The van der Waals surface area contributed by atoms with E-state index in [2.05, 4.69) is 17.2 Å². The van der Waals surface area contributed by atoms with E-state index in [1.807, 2.05) is 25.2 Å². The number of rotatable bonds is 2. The summed E-state index contributed by atoms with van der Waals surface area (Å²) in [5.74, 6) is 5.78. The van der Waals surface area contributed by atoms with E-state index in [0.29, 0.717) is 0 Å². The SMILES string of the molecule is CC#CC1=CCC(NC=O)C=C1. The van der Waals surface area contributed by atoms with E-state index < -0.39 is 0 Å². The van der Waals surface area contributed by atoms with Crippen LogP contribution in [0.2, 0.25) is 0 Å². The van der Waals surface area contributed by atoms with Crippen LogP contribution in [0.15, 0.2) is 23.8 Å². The summed E-state index contributed by atoms with van der Waals surface area (Å²) in [5, 5.41) is 2.69. The topological polar surface area (TPSA) is 29.1 Å². The van der Waals surface area contributed by atoms with Crippen LogP contribution >= 0.6 is 0 Å². The van der Waals surface area contributed by atoms with Crippen LogP contribution in [-0.4, -0.2) is 12.5 Å². The van der Waals surface area contributed by atoms with Gasteiger partial charge in [-0.1, -0.05) is 18.1 Å². The normalized spacial score (nSPS) is 20.4. The molecule has 62 valence electrons. The third kappa shape index (κ3) is 2.28. The van der Waals surface area contributed by atoms with Gasteiger partial charge in [0.1, 0.15) is 0 Å². The van der Waals surface area contributed by atoms with Crippen molar-refractivity contribution in [2.45, 2.75) is 19.4 Å². The predicted molar refractivity (Wildman–Crippen MR) is 48.3 cm³/mol. The standard InChI is InChI=1S/C10H11NO/c1-2-3-9-4-6-10(7-5-9)11-8-12/h4-6,8,10H,7H2,1H3,(H,11,12). The molecule has 1 rings (SSSR count). The van der Waals surface area contributed by atoms with Crippen LogP contribution in [-0.2, 0) is 4.79 Å². The van der Waals surface area contributed by atoms with E-state index in [-0.39, 0.29) is 6.04 Å². The first-order valence-electron chi connectivity index (χ1n) is 3.87. The fraction of sp³-hybridized carbons (Fsp3) is 0.300. The van der Waals surface area contributed by atoms with Gasteiger partial charge in [-0.05, 0) is 19.4 Å². The molecule has 0 aromatic rings. The van der Waals surface area contributed by atoms with Crippen LogP contribution in [0.5, 0.6) is 0 Å². The Hall–Kier alpha value is -1.49. The number of amides is 1. The molecular formula is C10H11NO. The molecule has 1 amide bonds. The first-order valence-corrected chi connectivity index (χ1v) is 3.87. The van der Waals surface area contributed by atoms with E-state index in [4.69, 9.17) is 0 Å². The Morgan fingerprint density at radius 2 is 2.58 bits per heavy atom. The molecule has 0 aromatic carbocycles. The summed E-state index contributed by atoms with van der Waals surface area (Å²) in [7, 11) is 0. The molecule has 0 saturated carbocycles. The van der Waals surface area contributed by atoms with Crippen molar-refractivity contribution >= 4 is 6.41 Å². The minimum atomic E-state index is 0.143. The molecule has 0 aromatic heterocycles. The van der Waals surface area contributed by atoms with Crippen LogP contribution in [0.25, 0.3) is 0 Å². The van der Waals surface area contributed by atoms with Gasteiger partial charge in [0.25, 0.3) is 0 Å². The van der Waals surface area contributed by atoms with E-state index in [1.54, 1.807) is 0 Å². The lowest BCUT2D eigenvalue weighted by atomic mass is 10.0. The number of allylic oxidation sites excluding steroid dienone is 2. The van der Waals surface area contributed by atoms with Crippen LogP contribution in [0.4, 0.5) is 0 Å². The minimum Gasteiger partial charge on any atom is -0.352 e. The van der Waals surface area contributed by atoms with Crippen molar-refractivity contribution in [2.75, 3.05) is 0 Å². The molecule has 0 aliphatic heterocycles. The van der Waals surface area contributed by atoms with Gasteiger partial charge in [-0.2, -0.15) is 0 Å². The second-order valence-corrected chi connectivity index (χ2v) is 2.52. The summed E-state index contributed by atoms with van der Waals surface area (Å²) in [6, 6.07) is 0.143. The van der Waals surface area contributed by atoms with Crippen LogP contribution in [0.1, 0.15) is 13.3 Å². The van der Waals surface area contributed by atoms with Crippen molar-refractivity contribution in [2.24, 2.45) is 0 Å². The van der Waals surface area contributed by atoms with Crippen molar-refractivity contribution in [3.05, 3.63) is 23.8 Å². The molecule has 1 aliphatic carbocycles. The average molecular weight is 161 g/mol. The summed E-state index contributed by atoms with van der Waals surface area (Å²) in [6.45, 7) is 1.81. The van der Waals surface area contributed by atoms with Crippen LogP contribution < -0.4 is 5.32 Å². The third-order valence-electron chi connectivity index (χ3n) is 1.65. The van der Waals surface area contributed by atoms with Crippen LogP contribution in [0.3, 0.4) is 0 Å². The fourth-order valence-electron chi connectivity index (χ4n) is 1.07. The minimum absolute atomic E-state index is 0.143. The van der Waals surface area contributed by atoms with Gasteiger partial charge in [0.2, 0.25) is 6.41 Å². The lowest BCUT2D eigenvalue weighted by molar-refractivity contribution is -0.109. The molecule has 1 unspecified atom stereocenters. The molecule has 0 fully saturated rings. The molecule has 0 radical (unpaired) electrons.